The highest BCUT2D eigenvalue weighted by atomic mass is 16.7. The van der Waals surface area contributed by atoms with Crippen LogP contribution in [0.25, 0.3) is 10.8 Å². The molecule has 9 unspecified atom stereocenters. The number of esters is 1. The van der Waals surface area contributed by atoms with Gasteiger partial charge in [-0.1, -0.05) is 68.3 Å². The SMILES string of the molecule is COC1C=COC2(C)Oc3c(C)c(O)c4c(O)c(c(/C=N/OCC=C(C)CCC=C(C)C)c(O)c4c3C2=O)NC(=O)C(C)=CC=CC(C)C(O)C(C)C(O)C(C)C(OC(C)=O)C1C. The van der Waals surface area contributed by atoms with Crippen LogP contribution in [0.1, 0.15) is 104 Å². The number of carbonyl (C=O) groups excluding carboxylic acids is 3. The van der Waals surface area contributed by atoms with Crippen LogP contribution in [-0.4, -0.2) is 93.3 Å². The van der Waals surface area contributed by atoms with Crippen molar-refractivity contribution < 1.29 is 63.7 Å². The number of methoxy groups -OCH3 is 1. The maximum absolute atomic E-state index is 14.4. The number of aromatic hydroxyl groups is 3. The second kappa shape index (κ2) is 21.2. The van der Waals surface area contributed by atoms with Gasteiger partial charge in [-0.3, -0.25) is 14.4 Å². The molecule has 15 nitrogen and oxygen atoms in total. The quantitative estimate of drug-likeness (QED) is 0.0270. The summed E-state index contributed by atoms with van der Waals surface area (Å²) in [5.41, 5.74) is 1.64. The zero-order chi connectivity index (χ0) is 47.1. The second-order valence-electron chi connectivity index (χ2n) is 17.0. The molecule has 0 saturated carbocycles. The first-order valence-corrected chi connectivity index (χ1v) is 21.1. The van der Waals surface area contributed by atoms with Crippen LogP contribution < -0.4 is 10.1 Å². The fraction of sp³-hybridized carbons (Fsp3) is 0.500. The van der Waals surface area contributed by atoms with E-state index in [1.807, 2.05) is 26.8 Å². The summed E-state index contributed by atoms with van der Waals surface area (Å²) in [6.07, 6.45) is 10.2. The van der Waals surface area contributed by atoms with E-state index in [-0.39, 0.29) is 51.1 Å². The lowest BCUT2D eigenvalue weighted by atomic mass is 9.78. The summed E-state index contributed by atoms with van der Waals surface area (Å²) in [7, 11) is 1.43. The van der Waals surface area contributed by atoms with Gasteiger partial charge in [-0.25, -0.2) is 0 Å². The first kappa shape index (κ1) is 50.0. The van der Waals surface area contributed by atoms with Crippen molar-refractivity contribution in [2.24, 2.45) is 28.8 Å². The number of hydrogen-bond donors (Lipinski definition) is 6. The lowest BCUT2D eigenvalue weighted by Gasteiger charge is -2.38. The Labute approximate surface area is 369 Å². The number of nitrogens with one attached hydrogen (secondary N) is 1. The average molecular weight is 877 g/mol. The number of ketones is 1. The number of aliphatic hydroxyl groups is 2. The number of nitrogens with zero attached hydrogens (tertiary/aromatic N) is 1. The van der Waals surface area contributed by atoms with Gasteiger partial charge in [-0.2, -0.15) is 0 Å². The van der Waals surface area contributed by atoms with Crippen LogP contribution in [0.3, 0.4) is 0 Å². The lowest BCUT2D eigenvalue weighted by molar-refractivity contribution is -0.160. The average Bonchev–Trinajstić information content (AvgIpc) is 3.49. The van der Waals surface area contributed by atoms with Crippen molar-refractivity contribution >= 4 is 40.3 Å². The predicted molar refractivity (Wildman–Crippen MR) is 240 cm³/mol. The zero-order valence-corrected chi connectivity index (χ0v) is 38.3. The highest BCUT2D eigenvalue weighted by Gasteiger charge is 2.50. The van der Waals surface area contributed by atoms with Crippen LogP contribution in [0.4, 0.5) is 5.69 Å². The first-order chi connectivity index (χ1) is 29.6. The minimum Gasteiger partial charge on any atom is -0.507 e. The molecule has 0 spiro atoms. The topological polar surface area (TPSA) is 223 Å². The van der Waals surface area contributed by atoms with Gasteiger partial charge in [0.25, 0.3) is 11.7 Å². The van der Waals surface area contributed by atoms with Gasteiger partial charge in [0.05, 0.1) is 53.0 Å². The molecule has 0 fully saturated rings. The molecule has 6 N–H and O–H groups in total. The van der Waals surface area contributed by atoms with Crippen LogP contribution in [0.5, 0.6) is 23.0 Å². The molecule has 15 heteroatoms. The summed E-state index contributed by atoms with van der Waals surface area (Å²) in [4.78, 5) is 46.0. The fourth-order valence-corrected chi connectivity index (χ4v) is 7.88. The number of anilines is 1. The normalized spacial score (nSPS) is 27.3. The number of carbonyl (C=O) groups is 3. The molecule has 1 amide bonds. The van der Waals surface area contributed by atoms with E-state index in [2.05, 4.69) is 16.5 Å². The first-order valence-electron chi connectivity index (χ1n) is 21.1. The van der Waals surface area contributed by atoms with Gasteiger partial charge in [0.2, 0.25) is 0 Å². The van der Waals surface area contributed by atoms with E-state index in [0.717, 1.165) is 24.6 Å². The largest absolute Gasteiger partial charge is 0.507 e. The maximum Gasteiger partial charge on any atom is 0.312 e. The molecule has 5 rings (SSSR count). The summed E-state index contributed by atoms with van der Waals surface area (Å²) in [6, 6.07) is 0. The highest BCUT2D eigenvalue weighted by molar-refractivity contribution is 6.23. The molecule has 0 aromatic heterocycles. The van der Waals surface area contributed by atoms with Crippen molar-refractivity contribution in [3.63, 3.8) is 0 Å². The Morgan fingerprint density at radius 2 is 1.60 bits per heavy atom. The third-order valence-corrected chi connectivity index (χ3v) is 11.9. The number of Topliss-reactive ketones (excluding diaryl/α,β-unsaturated/α-hetero) is 1. The second-order valence-corrected chi connectivity index (χ2v) is 17.0. The Bertz CT molecular complexity index is 2230. The summed E-state index contributed by atoms with van der Waals surface area (Å²) in [5.74, 6) is -8.70. The number of phenols is 3. The number of benzene rings is 2. The van der Waals surface area contributed by atoms with E-state index in [4.69, 9.17) is 23.8 Å². The van der Waals surface area contributed by atoms with Crippen molar-refractivity contribution in [3.8, 4) is 23.0 Å². The lowest BCUT2D eigenvalue weighted by Crippen LogP contribution is -2.46. The summed E-state index contributed by atoms with van der Waals surface area (Å²) < 4.78 is 23.6. The number of phenolic OH excluding ortho intramolecular Hbond substituents is 3. The molecule has 2 aromatic carbocycles. The predicted octanol–water partition coefficient (Wildman–Crippen LogP) is 7.80. The Morgan fingerprint density at radius 1 is 0.921 bits per heavy atom. The van der Waals surface area contributed by atoms with Gasteiger partial charge in [0.1, 0.15) is 30.0 Å². The third-order valence-electron chi connectivity index (χ3n) is 11.9. The van der Waals surface area contributed by atoms with Crippen molar-refractivity contribution in [2.75, 3.05) is 19.0 Å². The van der Waals surface area contributed by atoms with E-state index in [0.29, 0.717) is 0 Å². The molecule has 3 heterocycles. The third kappa shape index (κ3) is 11.1. The molecule has 63 heavy (non-hydrogen) atoms. The Morgan fingerprint density at radius 3 is 2.24 bits per heavy atom. The number of hydrogen-bond acceptors (Lipinski definition) is 14. The van der Waals surface area contributed by atoms with Crippen molar-refractivity contribution in [3.05, 3.63) is 76.1 Å². The van der Waals surface area contributed by atoms with Crippen molar-refractivity contribution in [1.82, 2.24) is 0 Å². The fourth-order valence-electron chi connectivity index (χ4n) is 7.88. The van der Waals surface area contributed by atoms with Crippen LogP contribution in [0.15, 0.2) is 64.6 Å². The molecule has 9 atom stereocenters. The molecule has 3 aliphatic heterocycles. The maximum atomic E-state index is 14.4. The summed E-state index contributed by atoms with van der Waals surface area (Å²) in [5, 5.41) is 64.4. The van der Waals surface area contributed by atoms with E-state index in [1.165, 1.54) is 58.8 Å². The van der Waals surface area contributed by atoms with Crippen molar-refractivity contribution in [2.45, 2.75) is 119 Å². The molecular weight excluding hydrogens is 813 g/mol. The number of ether oxygens (including phenoxy) is 4. The van der Waals surface area contributed by atoms with E-state index < -0.39 is 88.8 Å². The van der Waals surface area contributed by atoms with E-state index in [9.17, 15) is 39.9 Å². The van der Waals surface area contributed by atoms with E-state index in [1.54, 1.807) is 39.8 Å². The van der Waals surface area contributed by atoms with Crippen LogP contribution in [0.2, 0.25) is 0 Å². The zero-order valence-electron chi connectivity index (χ0n) is 38.3. The molecule has 5 bridgehead atoms. The van der Waals surface area contributed by atoms with Gasteiger partial charge in [-0.05, 0) is 59.6 Å². The van der Waals surface area contributed by atoms with E-state index >= 15 is 0 Å². The van der Waals surface area contributed by atoms with Crippen LogP contribution in [-0.2, 0) is 28.6 Å². The smallest absolute Gasteiger partial charge is 0.312 e. The number of allylic oxidation sites excluding steroid dienone is 5. The van der Waals surface area contributed by atoms with Crippen molar-refractivity contribution in [1.29, 1.82) is 0 Å². The number of oxime groups is 1. The van der Waals surface area contributed by atoms with Gasteiger partial charge in [0.15, 0.2) is 5.75 Å². The summed E-state index contributed by atoms with van der Waals surface area (Å²) in [6.45, 7) is 18.5. The minimum absolute atomic E-state index is 0.0306. The van der Waals surface area contributed by atoms with Gasteiger partial charge in [0, 0.05) is 61.2 Å². The van der Waals surface area contributed by atoms with Gasteiger partial charge >= 0.3 is 11.8 Å². The molecule has 0 saturated heterocycles. The molecule has 0 aliphatic carbocycles. The molecule has 0 radical (unpaired) electrons. The molecule has 3 aliphatic rings. The number of rotatable bonds is 9. The number of amides is 1. The monoisotopic (exact) mass is 876 g/mol. The Kier molecular flexibility index (Phi) is 16.8. The highest BCUT2D eigenvalue weighted by Crippen LogP contribution is 2.55. The van der Waals surface area contributed by atoms with Gasteiger partial charge < -0.3 is 54.6 Å². The number of aliphatic hydroxyl groups excluding tert-OH is 2. The molecular formula is C48H64N2O13. The van der Waals surface area contributed by atoms with Gasteiger partial charge in [-0.15, -0.1) is 0 Å². The minimum atomic E-state index is -2.07. The standard InChI is InChI=1S/C48H64N2O13/c1-24(2)15-13-16-25(3)19-22-61-49-23-33-38-43(56)36-35(42(33)55)37-45(31(9)41(36)54)63-48(11,46(37)57)60-21-20-34(59-12)28(6)44(62-32(10)51)30(8)40(53)29(7)39(52)26(4)17-14-18-27(5)47(58)50-38/h14-15,17-21,23,26,28-30,34,39-40,44,52-56H,13,16,22H2,1-12H3,(H,50,58)/b17-14?,21-20?,25-19?,27-18?,49-23+. The number of fused-ring (bicyclic) bond motifs is 14. The summed E-state index contributed by atoms with van der Waals surface area (Å²) >= 11 is 0. The Hall–Kier alpha value is -5.64. The van der Waals surface area contributed by atoms with Crippen LogP contribution >= 0.6 is 0 Å². The molecule has 2 aromatic rings. The molecule has 344 valence electrons. The van der Waals surface area contributed by atoms with Crippen LogP contribution in [0, 0.1) is 30.6 Å². The Balaban J connectivity index is 1.91.